The van der Waals surface area contributed by atoms with Gasteiger partial charge in [-0.1, -0.05) is 32.1 Å². The van der Waals surface area contributed by atoms with E-state index >= 15 is 0 Å². The summed E-state index contributed by atoms with van der Waals surface area (Å²) in [5, 5.41) is 4.35. The molecule has 0 bridgehead atoms. The minimum absolute atomic E-state index is 0.0760. The summed E-state index contributed by atoms with van der Waals surface area (Å²) in [4.78, 5) is 16.6. The fourth-order valence-corrected chi connectivity index (χ4v) is 1.97. The zero-order chi connectivity index (χ0) is 14.7. The van der Waals surface area contributed by atoms with Crippen molar-refractivity contribution in [1.29, 1.82) is 0 Å². The number of thiocarbonyl (C=S) groups is 1. The van der Waals surface area contributed by atoms with E-state index in [9.17, 15) is 4.79 Å². The summed E-state index contributed by atoms with van der Waals surface area (Å²) in [5.74, 6) is 0.290. The quantitative estimate of drug-likeness (QED) is 0.865. The Balaban J connectivity index is 2.62. The SMILES string of the molecule is CC(C)Cn1nc(-c2ccccn2)cc(C(N)=S)c1=O. The highest BCUT2D eigenvalue weighted by Gasteiger charge is 2.13. The molecule has 104 valence electrons. The van der Waals surface area contributed by atoms with Crippen LogP contribution in [0.5, 0.6) is 0 Å². The van der Waals surface area contributed by atoms with Gasteiger partial charge in [-0.3, -0.25) is 9.78 Å². The van der Waals surface area contributed by atoms with Crippen LogP contribution in [0.25, 0.3) is 11.4 Å². The molecule has 0 spiro atoms. The van der Waals surface area contributed by atoms with E-state index in [0.29, 0.717) is 29.4 Å². The van der Waals surface area contributed by atoms with Gasteiger partial charge in [-0.15, -0.1) is 0 Å². The highest BCUT2D eigenvalue weighted by Crippen LogP contribution is 2.13. The van der Waals surface area contributed by atoms with E-state index in [1.165, 1.54) is 4.68 Å². The Hall–Kier alpha value is -2.08. The second-order valence-corrected chi connectivity index (χ2v) is 5.34. The van der Waals surface area contributed by atoms with Crippen LogP contribution in [-0.4, -0.2) is 19.8 Å². The summed E-state index contributed by atoms with van der Waals surface area (Å²) in [6.07, 6.45) is 1.68. The van der Waals surface area contributed by atoms with Gasteiger partial charge in [-0.05, 0) is 24.1 Å². The highest BCUT2D eigenvalue weighted by atomic mass is 32.1. The number of hydrogen-bond acceptors (Lipinski definition) is 4. The molecule has 0 unspecified atom stereocenters. The van der Waals surface area contributed by atoms with Crippen molar-refractivity contribution < 1.29 is 0 Å². The van der Waals surface area contributed by atoms with Crippen LogP contribution in [0.3, 0.4) is 0 Å². The summed E-state index contributed by atoms with van der Waals surface area (Å²) in [7, 11) is 0. The van der Waals surface area contributed by atoms with Crippen LogP contribution in [0.1, 0.15) is 19.4 Å². The van der Waals surface area contributed by atoms with E-state index < -0.39 is 0 Å². The summed E-state index contributed by atoms with van der Waals surface area (Å²) in [5.41, 5.74) is 6.95. The number of nitrogens with zero attached hydrogens (tertiary/aromatic N) is 3. The van der Waals surface area contributed by atoms with Crippen molar-refractivity contribution >= 4 is 17.2 Å². The smallest absolute Gasteiger partial charge is 0.277 e. The maximum absolute atomic E-state index is 12.2. The van der Waals surface area contributed by atoms with Gasteiger partial charge >= 0.3 is 0 Å². The lowest BCUT2D eigenvalue weighted by Crippen LogP contribution is -2.32. The fraction of sp³-hybridized carbons (Fsp3) is 0.286. The Labute approximate surface area is 122 Å². The molecule has 0 fully saturated rings. The molecule has 0 saturated heterocycles. The molecule has 2 rings (SSSR count). The molecule has 0 aliphatic carbocycles. The van der Waals surface area contributed by atoms with E-state index in [1.54, 1.807) is 12.3 Å². The standard InChI is InChI=1S/C14H16N4OS/c1-9(2)8-18-14(19)10(13(15)20)7-12(17-18)11-5-3-4-6-16-11/h3-7,9H,8H2,1-2H3,(H2,15,20). The van der Waals surface area contributed by atoms with Crippen molar-refractivity contribution in [2.45, 2.75) is 20.4 Å². The van der Waals surface area contributed by atoms with Crippen LogP contribution in [0.2, 0.25) is 0 Å². The topological polar surface area (TPSA) is 73.8 Å². The summed E-state index contributed by atoms with van der Waals surface area (Å²) in [6.45, 7) is 4.54. The van der Waals surface area contributed by atoms with Crippen molar-refractivity contribution in [3.63, 3.8) is 0 Å². The van der Waals surface area contributed by atoms with Gasteiger partial charge in [0.25, 0.3) is 5.56 Å². The number of aromatic nitrogens is 3. The molecule has 0 amide bonds. The van der Waals surface area contributed by atoms with Crippen molar-refractivity contribution in [3.8, 4) is 11.4 Å². The average Bonchev–Trinajstić information content (AvgIpc) is 2.41. The van der Waals surface area contributed by atoms with Crippen LogP contribution in [0.15, 0.2) is 35.3 Å². The molecule has 6 heteroatoms. The lowest BCUT2D eigenvalue weighted by molar-refractivity contribution is 0.464. The minimum atomic E-state index is -0.258. The van der Waals surface area contributed by atoms with E-state index in [-0.39, 0.29) is 10.5 Å². The third-order valence-electron chi connectivity index (χ3n) is 2.71. The molecule has 20 heavy (non-hydrogen) atoms. The first-order chi connectivity index (χ1) is 9.49. The average molecular weight is 288 g/mol. The molecule has 0 aliphatic rings. The zero-order valence-corrected chi connectivity index (χ0v) is 12.2. The van der Waals surface area contributed by atoms with Gasteiger partial charge in [0.15, 0.2) is 0 Å². The predicted octanol–water partition coefficient (Wildman–Crippen LogP) is 1.60. The zero-order valence-electron chi connectivity index (χ0n) is 11.4. The first-order valence-corrected chi connectivity index (χ1v) is 6.73. The van der Waals surface area contributed by atoms with E-state index in [1.807, 2.05) is 32.0 Å². The Morgan fingerprint density at radius 1 is 1.40 bits per heavy atom. The molecular weight excluding hydrogens is 272 g/mol. The maximum Gasteiger partial charge on any atom is 0.277 e. The summed E-state index contributed by atoms with van der Waals surface area (Å²) >= 11 is 4.95. The molecule has 2 N–H and O–H groups in total. The number of pyridine rings is 1. The molecule has 0 radical (unpaired) electrons. The molecule has 0 aliphatic heterocycles. The van der Waals surface area contributed by atoms with Crippen molar-refractivity contribution in [1.82, 2.24) is 14.8 Å². The Bertz CT molecular complexity index is 679. The molecule has 2 heterocycles. The number of hydrogen-bond donors (Lipinski definition) is 1. The van der Waals surface area contributed by atoms with Crippen molar-refractivity contribution in [2.75, 3.05) is 0 Å². The largest absolute Gasteiger partial charge is 0.389 e. The maximum atomic E-state index is 12.2. The second-order valence-electron chi connectivity index (χ2n) is 4.90. The Morgan fingerprint density at radius 3 is 2.70 bits per heavy atom. The molecule has 5 nitrogen and oxygen atoms in total. The lowest BCUT2D eigenvalue weighted by atomic mass is 10.2. The van der Waals surface area contributed by atoms with Crippen LogP contribution >= 0.6 is 12.2 Å². The predicted molar refractivity (Wildman–Crippen MR) is 82.5 cm³/mol. The highest BCUT2D eigenvalue weighted by molar-refractivity contribution is 7.80. The first-order valence-electron chi connectivity index (χ1n) is 6.32. The molecule has 0 aromatic carbocycles. The van der Waals surface area contributed by atoms with E-state index in [2.05, 4.69) is 10.1 Å². The third-order valence-corrected chi connectivity index (χ3v) is 2.93. The van der Waals surface area contributed by atoms with E-state index in [4.69, 9.17) is 18.0 Å². The van der Waals surface area contributed by atoms with Gasteiger partial charge in [0.05, 0.1) is 11.3 Å². The molecule has 0 saturated carbocycles. The fourth-order valence-electron chi connectivity index (χ4n) is 1.83. The summed E-state index contributed by atoms with van der Waals surface area (Å²) in [6, 6.07) is 7.12. The van der Waals surface area contributed by atoms with Gasteiger partial charge in [-0.2, -0.15) is 5.10 Å². The lowest BCUT2D eigenvalue weighted by Gasteiger charge is -2.11. The van der Waals surface area contributed by atoms with Crippen LogP contribution in [0.4, 0.5) is 0 Å². The third kappa shape index (κ3) is 3.08. The minimum Gasteiger partial charge on any atom is -0.389 e. The molecule has 2 aromatic rings. The van der Waals surface area contributed by atoms with Crippen LogP contribution in [0, 0.1) is 5.92 Å². The Kier molecular flexibility index (Phi) is 4.24. The summed E-state index contributed by atoms with van der Waals surface area (Å²) < 4.78 is 1.41. The monoisotopic (exact) mass is 288 g/mol. The molecule has 0 atom stereocenters. The second kappa shape index (κ2) is 5.92. The van der Waals surface area contributed by atoms with Crippen LogP contribution < -0.4 is 11.3 Å². The van der Waals surface area contributed by atoms with Crippen molar-refractivity contribution in [2.24, 2.45) is 11.7 Å². The first kappa shape index (κ1) is 14.3. The van der Waals surface area contributed by atoms with Gasteiger partial charge in [-0.25, -0.2) is 4.68 Å². The number of rotatable bonds is 4. The van der Waals surface area contributed by atoms with Crippen LogP contribution in [-0.2, 0) is 6.54 Å². The molecule has 2 aromatic heterocycles. The Morgan fingerprint density at radius 2 is 2.15 bits per heavy atom. The molecular formula is C14H16N4OS. The van der Waals surface area contributed by atoms with Gasteiger partial charge in [0.1, 0.15) is 10.7 Å². The van der Waals surface area contributed by atoms with Gasteiger partial charge < -0.3 is 5.73 Å². The van der Waals surface area contributed by atoms with E-state index in [0.717, 1.165) is 0 Å². The van der Waals surface area contributed by atoms with Gasteiger partial charge in [0.2, 0.25) is 0 Å². The normalized spacial score (nSPS) is 10.8. The number of nitrogens with two attached hydrogens (primary N) is 1. The van der Waals surface area contributed by atoms with Crippen molar-refractivity contribution in [3.05, 3.63) is 46.4 Å². The van der Waals surface area contributed by atoms with Gasteiger partial charge in [0, 0.05) is 12.7 Å².